The molecular weight excluding hydrogens is 336 g/mol. The van der Waals surface area contributed by atoms with Gasteiger partial charge in [-0.3, -0.25) is 9.10 Å². The molecule has 2 aromatic rings. The van der Waals surface area contributed by atoms with Crippen molar-refractivity contribution in [3.05, 3.63) is 59.7 Å². The topological polar surface area (TPSA) is 66.5 Å². The van der Waals surface area contributed by atoms with Crippen LogP contribution in [0.2, 0.25) is 0 Å². The molecule has 2 aromatic carbocycles. The van der Waals surface area contributed by atoms with E-state index in [0.717, 1.165) is 24.0 Å². The molecular formula is C19H22N2O3S. The lowest BCUT2D eigenvalue weighted by Gasteiger charge is -2.22. The minimum Gasteiger partial charge on any atom is -0.326 e. The van der Waals surface area contributed by atoms with Crippen molar-refractivity contribution < 1.29 is 13.2 Å². The Bertz CT molecular complexity index is 855. The third-order valence-electron chi connectivity index (χ3n) is 4.13. The Balaban J connectivity index is 1.66. The van der Waals surface area contributed by atoms with Crippen molar-refractivity contribution in [3.63, 3.8) is 0 Å². The van der Waals surface area contributed by atoms with E-state index in [2.05, 4.69) is 5.32 Å². The SMILES string of the molecule is Cc1ccc(CC(=O)Nc2ccc(N(C3CC3)S(C)(=O)=O)cc2)cc1. The fraction of sp³-hybridized carbons (Fsp3) is 0.316. The normalized spacial score (nSPS) is 14.2. The summed E-state index contributed by atoms with van der Waals surface area (Å²) in [5, 5.41) is 2.85. The number of benzene rings is 2. The van der Waals surface area contributed by atoms with Crippen LogP contribution < -0.4 is 9.62 Å². The van der Waals surface area contributed by atoms with Gasteiger partial charge >= 0.3 is 0 Å². The number of amides is 1. The Labute approximate surface area is 148 Å². The van der Waals surface area contributed by atoms with Crippen LogP contribution in [0.5, 0.6) is 0 Å². The average Bonchev–Trinajstić information content (AvgIpc) is 3.35. The number of sulfonamides is 1. The molecule has 6 heteroatoms. The fourth-order valence-electron chi connectivity index (χ4n) is 2.77. The predicted molar refractivity (Wildman–Crippen MR) is 100 cm³/mol. The van der Waals surface area contributed by atoms with Gasteiger partial charge in [-0.15, -0.1) is 0 Å². The van der Waals surface area contributed by atoms with Gasteiger partial charge in [0.05, 0.1) is 18.4 Å². The molecule has 1 aliphatic carbocycles. The standard InChI is InChI=1S/C19H22N2O3S/c1-14-3-5-15(6-4-14)13-19(22)20-16-7-9-17(10-8-16)21(18-11-12-18)25(2,23)24/h3-10,18H,11-13H2,1-2H3,(H,20,22). The number of rotatable bonds is 6. The first kappa shape index (κ1) is 17.5. The summed E-state index contributed by atoms with van der Waals surface area (Å²) in [6, 6.07) is 14.9. The zero-order valence-corrected chi connectivity index (χ0v) is 15.2. The summed E-state index contributed by atoms with van der Waals surface area (Å²) in [6.07, 6.45) is 3.31. The predicted octanol–water partition coefficient (Wildman–Crippen LogP) is 3.10. The smallest absolute Gasteiger partial charge is 0.232 e. The highest BCUT2D eigenvalue weighted by molar-refractivity contribution is 7.92. The number of hydrogen-bond acceptors (Lipinski definition) is 3. The molecule has 0 radical (unpaired) electrons. The summed E-state index contributed by atoms with van der Waals surface area (Å²) in [7, 11) is -3.29. The highest BCUT2D eigenvalue weighted by Gasteiger charge is 2.35. The van der Waals surface area contributed by atoms with Crippen LogP contribution in [0.25, 0.3) is 0 Å². The van der Waals surface area contributed by atoms with Crippen LogP contribution in [0, 0.1) is 6.92 Å². The second-order valence-electron chi connectivity index (χ2n) is 6.55. The van der Waals surface area contributed by atoms with Gasteiger partial charge in [-0.25, -0.2) is 8.42 Å². The van der Waals surface area contributed by atoms with E-state index in [0.29, 0.717) is 17.8 Å². The lowest BCUT2D eigenvalue weighted by molar-refractivity contribution is -0.115. The molecule has 132 valence electrons. The fourth-order valence-corrected chi connectivity index (χ4v) is 4.03. The van der Waals surface area contributed by atoms with Crippen LogP contribution in [-0.4, -0.2) is 26.6 Å². The van der Waals surface area contributed by atoms with Crippen LogP contribution in [0.1, 0.15) is 24.0 Å². The lowest BCUT2D eigenvalue weighted by atomic mass is 10.1. The number of nitrogens with one attached hydrogen (secondary N) is 1. The Hall–Kier alpha value is -2.34. The number of aryl methyl sites for hydroxylation is 1. The number of carbonyl (C=O) groups excluding carboxylic acids is 1. The lowest BCUT2D eigenvalue weighted by Crippen LogP contribution is -2.31. The molecule has 25 heavy (non-hydrogen) atoms. The first-order chi connectivity index (χ1) is 11.8. The molecule has 1 amide bonds. The van der Waals surface area contributed by atoms with Crippen molar-refractivity contribution in [3.8, 4) is 0 Å². The van der Waals surface area contributed by atoms with E-state index in [9.17, 15) is 13.2 Å². The van der Waals surface area contributed by atoms with Gasteiger partial charge in [0, 0.05) is 11.7 Å². The molecule has 1 aliphatic rings. The molecule has 1 fully saturated rings. The summed E-state index contributed by atoms with van der Waals surface area (Å²) in [4.78, 5) is 12.1. The van der Waals surface area contributed by atoms with Gasteiger partial charge in [0.15, 0.2) is 0 Å². The van der Waals surface area contributed by atoms with E-state index in [1.54, 1.807) is 24.3 Å². The quantitative estimate of drug-likeness (QED) is 0.863. The van der Waals surface area contributed by atoms with Crippen LogP contribution >= 0.6 is 0 Å². The summed E-state index contributed by atoms with van der Waals surface area (Å²) < 4.78 is 25.4. The van der Waals surface area contributed by atoms with Crippen molar-refractivity contribution in [2.75, 3.05) is 15.9 Å². The van der Waals surface area contributed by atoms with Crippen molar-refractivity contribution in [1.29, 1.82) is 0 Å². The summed E-state index contributed by atoms with van der Waals surface area (Å²) >= 11 is 0. The monoisotopic (exact) mass is 358 g/mol. The second kappa shape index (κ2) is 6.88. The van der Waals surface area contributed by atoms with E-state index in [4.69, 9.17) is 0 Å². The largest absolute Gasteiger partial charge is 0.326 e. The van der Waals surface area contributed by atoms with Crippen molar-refractivity contribution in [1.82, 2.24) is 0 Å². The third-order valence-corrected chi connectivity index (χ3v) is 5.35. The van der Waals surface area contributed by atoms with Gasteiger partial charge in [0.25, 0.3) is 0 Å². The number of nitrogens with zero attached hydrogens (tertiary/aromatic N) is 1. The van der Waals surface area contributed by atoms with Crippen molar-refractivity contribution in [2.45, 2.75) is 32.2 Å². The molecule has 1 saturated carbocycles. The number of carbonyl (C=O) groups is 1. The Morgan fingerprint density at radius 2 is 1.68 bits per heavy atom. The maximum Gasteiger partial charge on any atom is 0.232 e. The Morgan fingerprint density at radius 3 is 2.20 bits per heavy atom. The maximum atomic E-state index is 12.1. The minimum absolute atomic E-state index is 0.0666. The zero-order chi connectivity index (χ0) is 18.0. The van der Waals surface area contributed by atoms with Crippen molar-refractivity contribution >= 4 is 27.3 Å². The van der Waals surface area contributed by atoms with Crippen LogP contribution in [0.3, 0.4) is 0 Å². The summed E-state index contributed by atoms with van der Waals surface area (Å²) in [5.74, 6) is -0.0984. The first-order valence-corrected chi connectivity index (χ1v) is 10.1. The van der Waals surface area contributed by atoms with E-state index in [1.165, 1.54) is 10.6 Å². The third kappa shape index (κ3) is 4.60. The minimum atomic E-state index is -3.29. The highest BCUT2D eigenvalue weighted by Crippen LogP contribution is 2.34. The average molecular weight is 358 g/mol. The Kier molecular flexibility index (Phi) is 4.81. The second-order valence-corrected chi connectivity index (χ2v) is 8.41. The molecule has 0 spiro atoms. The van der Waals surface area contributed by atoms with Crippen molar-refractivity contribution in [2.24, 2.45) is 0 Å². The van der Waals surface area contributed by atoms with Gasteiger partial charge in [0.1, 0.15) is 0 Å². The highest BCUT2D eigenvalue weighted by atomic mass is 32.2. The molecule has 0 heterocycles. The van der Waals surface area contributed by atoms with E-state index in [-0.39, 0.29) is 11.9 Å². The van der Waals surface area contributed by atoms with Crippen LogP contribution in [0.4, 0.5) is 11.4 Å². The van der Waals surface area contributed by atoms with Crippen LogP contribution in [0.15, 0.2) is 48.5 Å². The molecule has 0 bridgehead atoms. The van der Waals surface area contributed by atoms with E-state index >= 15 is 0 Å². The van der Waals surface area contributed by atoms with Crippen LogP contribution in [-0.2, 0) is 21.2 Å². The first-order valence-electron chi connectivity index (χ1n) is 8.28. The molecule has 0 saturated heterocycles. The van der Waals surface area contributed by atoms with E-state index < -0.39 is 10.0 Å². The van der Waals surface area contributed by atoms with Gasteiger partial charge in [-0.2, -0.15) is 0 Å². The Morgan fingerprint density at radius 1 is 1.08 bits per heavy atom. The maximum absolute atomic E-state index is 12.1. The molecule has 5 nitrogen and oxygen atoms in total. The van der Waals surface area contributed by atoms with E-state index in [1.807, 2.05) is 31.2 Å². The molecule has 0 aliphatic heterocycles. The number of hydrogen-bond donors (Lipinski definition) is 1. The summed E-state index contributed by atoms with van der Waals surface area (Å²) in [5.41, 5.74) is 3.41. The summed E-state index contributed by atoms with van der Waals surface area (Å²) in [6.45, 7) is 2.01. The van der Waals surface area contributed by atoms with Gasteiger partial charge in [-0.05, 0) is 49.6 Å². The molecule has 3 rings (SSSR count). The van der Waals surface area contributed by atoms with Gasteiger partial charge < -0.3 is 5.32 Å². The van der Waals surface area contributed by atoms with Gasteiger partial charge in [-0.1, -0.05) is 29.8 Å². The molecule has 0 atom stereocenters. The zero-order valence-electron chi connectivity index (χ0n) is 14.4. The number of anilines is 2. The molecule has 0 unspecified atom stereocenters. The van der Waals surface area contributed by atoms with Gasteiger partial charge in [0.2, 0.25) is 15.9 Å². The molecule has 0 aromatic heterocycles. The molecule has 1 N–H and O–H groups in total.